The SMILES string of the molecule is CCCCN1CCN(c2ccc(N3C(=O)CCC3=O)cc2C2=CCC(C(C)(C)C)CC2)CC1. The lowest BCUT2D eigenvalue weighted by Gasteiger charge is -2.38. The fourth-order valence-corrected chi connectivity index (χ4v) is 5.52. The van der Waals surface area contributed by atoms with Gasteiger partial charge in [-0.1, -0.05) is 40.2 Å². The van der Waals surface area contributed by atoms with E-state index in [1.165, 1.54) is 47.5 Å². The molecule has 0 aromatic heterocycles. The van der Waals surface area contributed by atoms with Crippen molar-refractivity contribution in [1.82, 2.24) is 4.90 Å². The van der Waals surface area contributed by atoms with E-state index in [4.69, 9.17) is 0 Å². The summed E-state index contributed by atoms with van der Waals surface area (Å²) >= 11 is 0. The lowest BCUT2D eigenvalue weighted by atomic mass is 9.72. The summed E-state index contributed by atoms with van der Waals surface area (Å²) in [7, 11) is 0. The molecule has 0 saturated carbocycles. The first-order valence-corrected chi connectivity index (χ1v) is 12.9. The fraction of sp³-hybridized carbons (Fsp3) is 0.643. The summed E-state index contributed by atoms with van der Waals surface area (Å²) in [5, 5.41) is 0. The Kier molecular flexibility index (Phi) is 7.28. The smallest absolute Gasteiger partial charge is 0.234 e. The highest BCUT2D eigenvalue weighted by Crippen LogP contribution is 2.43. The molecule has 1 aromatic carbocycles. The number of hydrogen-bond donors (Lipinski definition) is 0. The molecule has 1 aliphatic carbocycles. The average Bonchev–Trinajstić information content (AvgIpc) is 3.15. The summed E-state index contributed by atoms with van der Waals surface area (Å²) in [5.41, 5.74) is 4.90. The van der Waals surface area contributed by atoms with Crippen LogP contribution in [0.1, 0.15) is 78.2 Å². The van der Waals surface area contributed by atoms with Crippen LogP contribution in [-0.4, -0.2) is 49.4 Å². The predicted molar refractivity (Wildman–Crippen MR) is 137 cm³/mol. The van der Waals surface area contributed by atoms with E-state index >= 15 is 0 Å². The molecule has 5 heteroatoms. The Bertz CT molecular complexity index is 890. The lowest BCUT2D eigenvalue weighted by Crippen LogP contribution is -2.46. The van der Waals surface area contributed by atoms with Crippen molar-refractivity contribution in [2.45, 2.75) is 72.6 Å². The van der Waals surface area contributed by atoms with Gasteiger partial charge in [0.05, 0.1) is 5.69 Å². The zero-order valence-electron chi connectivity index (χ0n) is 21.0. The molecule has 0 N–H and O–H groups in total. The molecule has 2 amide bonds. The zero-order valence-corrected chi connectivity index (χ0v) is 21.0. The van der Waals surface area contributed by atoms with Crippen LogP contribution in [0.4, 0.5) is 11.4 Å². The third-order valence-electron chi connectivity index (χ3n) is 7.81. The van der Waals surface area contributed by atoms with E-state index in [0.29, 0.717) is 24.2 Å². The van der Waals surface area contributed by atoms with Crippen LogP contribution in [0.15, 0.2) is 24.3 Å². The minimum atomic E-state index is -0.0753. The summed E-state index contributed by atoms with van der Waals surface area (Å²) in [6, 6.07) is 6.25. The van der Waals surface area contributed by atoms with E-state index in [2.05, 4.69) is 55.7 Å². The fourth-order valence-electron chi connectivity index (χ4n) is 5.52. The molecule has 2 fully saturated rings. The van der Waals surface area contributed by atoms with Gasteiger partial charge in [-0.15, -0.1) is 0 Å². The van der Waals surface area contributed by atoms with Crippen LogP contribution in [0.2, 0.25) is 0 Å². The van der Waals surface area contributed by atoms with Gasteiger partial charge in [0.1, 0.15) is 0 Å². The van der Waals surface area contributed by atoms with E-state index in [1.54, 1.807) is 0 Å². The highest BCUT2D eigenvalue weighted by molar-refractivity contribution is 6.20. The number of allylic oxidation sites excluding steroid dienone is 2. The van der Waals surface area contributed by atoms with Crippen molar-refractivity contribution in [1.29, 1.82) is 0 Å². The Morgan fingerprint density at radius 3 is 2.24 bits per heavy atom. The van der Waals surface area contributed by atoms with E-state index in [9.17, 15) is 9.59 Å². The second-order valence-electron chi connectivity index (χ2n) is 11.1. The molecule has 1 atom stereocenters. The quantitative estimate of drug-likeness (QED) is 0.536. The molecule has 0 bridgehead atoms. The Morgan fingerprint density at radius 1 is 0.970 bits per heavy atom. The van der Waals surface area contributed by atoms with Crippen molar-refractivity contribution in [2.75, 3.05) is 42.5 Å². The van der Waals surface area contributed by atoms with Crippen molar-refractivity contribution in [3.05, 3.63) is 29.8 Å². The number of carbonyl (C=O) groups is 2. The first kappa shape index (κ1) is 24.0. The van der Waals surface area contributed by atoms with Crippen LogP contribution < -0.4 is 9.80 Å². The number of imide groups is 1. The third-order valence-corrected chi connectivity index (χ3v) is 7.81. The van der Waals surface area contributed by atoms with Gasteiger partial charge in [0.25, 0.3) is 0 Å². The molecule has 5 nitrogen and oxygen atoms in total. The van der Waals surface area contributed by atoms with E-state index in [1.807, 2.05) is 6.07 Å². The van der Waals surface area contributed by atoms with Gasteiger partial charge in [-0.25, -0.2) is 0 Å². The van der Waals surface area contributed by atoms with Crippen molar-refractivity contribution in [3.8, 4) is 0 Å². The Hall–Kier alpha value is -2.14. The van der Waals surface area contributed by atoms with Gasteiger partial charge in [-0.2, -0.15) is 0 Å². The number of hydrogen-bond acceptors (Lipinski definition) is 4. The first-order chi connectivity index (χ1) is 15.8. The minimum Gasteiger partial charge on any atom is -0.368 e. The van der Waals surface area contributed by atoms with Gasteiger partial charge >= 0.3 is 0 Å². The molecular weight excluding hydrogens is 410 g/mol. The lowest BCUT2D eigenvalue weighted by molar-refractivity contribution is -0.121. The number of anilines is 2. The van der Waals surface area contributed by atoms with Crippen molar-refractivity contribution in [2.24, 2.45) is 11.3 Å². The van der Waals surface area contributed by atoms with Gasteiger partial charge in [-0.05, 0) is 67.3 Å². The van der Waals surface area contributed by atoms with E-state index < -0.39 is 0 Å². The molecule has 180 valence electrons. The molecule has 0 spiro atoms. The molecule has 2 saturated heterocycles. The molecule has 4 rings (SSSR count). The van der Waals surface area contributed by atoms with Gasteiger partial charge in [0.15, 0.2) is 0 Å². The molecule has 1 aromatic rings. The van der Waals surface area contributed by atoms with Crippen molar-refractivity contribution < 1.29 is 9.59 Å². The zero-order chi connectivity index (χ0) is 23.6. The molecule has 2 heterocycles. The van der Waals surface area contributed by atoms with Crippen LogP contribution in [0.3, 0.4) is 0 Å². The minimum absolute atomic E-state index is 0.0753. The molecule has 1 unspecified atom stereocenters. The Balaban J connectivity index is 1.62. The second kappa shape index (κ2) is 10.0. The second-order valence-corrected chi connectivity index (χ2v) is 11.1. The Labute approximate surface area is 199 Å². The summed E-state index contributed by atoms with van der Waals surface area (Å²) in [5.74, 6) is 0.541. The monoisotopic (exact) mass is 451 g/mol. The van der Waals surface area contributed by atoms with Crippen LogP contribution >= 0.6 is 0 Å². The number of piperazine rings is 1. The van der Waals surface area contributed by atoms with Crippen LogP contribution in [0, 0.1) is 11.3 Å². The van der Waals surface area contributed by atoms with Crippen molar-refractivity contribution in [3.63, 3.8) is 0 Å². The Morgan fingerprint density at radius 2 is 1.67 bits per heavy atom. The summed E-state index contributed by atoms with van der Waals surface area (Å²) in [6.07, 6.45) is 8.91. The maximum atomic E-state index is 12.4. The molecular formula is C28H41N3O2. The molecule has 0 radical (unpaired) electrons. The largest absolute Gasteiger partial charge is 0.368 e. The molecule has 2 aliphatic heterocycles. The number of nitrogens with zero attached hydrogens (tertiary/aromatic N) is 3. The van der Waals surface area contributed by atoms with E-state index in [0.717, 1.165) is 44.7 Å². The normalized spacial score (nSPS) is 22.8. The standard InChI is InChI=1S/C28H41N3O2/c1-5-6-15-29-16-18-30(19-17-29)25-12-11-23(31-26(32)13-14-27(31)33)20-24(25)21-7-9-22(10-8-21)28(2,3)4/h7,11-12,20,22H,5-6,8-10,13-19H2,1-4H3. The summed E-state index contributed by atoms with van der Waals surface area (Å²) in [4.78, 5) is 31.3. The third kappa shape index (κ3) is 5.34. The average molecular weight is 452 g/mol. The first-order valence-electron chi connectivity index (χ1n) is 12.9. The highest BCUT2D eigenvalue weighted by Gasteiger charge is 2.32. The highest BCUT2D eigenvalue weighted by atomic mass is 16.2. The van der Waals surface area contributed by atoms with Crippen LogP contribution in [0.25, 0.3) is 5.57 Å². The number of amides is 2. The topological polar surface area (TPSA) is 43.9 Å². The number of benzene rings is 1. The van der Waals surface area contributed by atoms with E-state index in [-0.39, 0.29) is 11.8 Å². The van der Waals surface area contributed by atoms with Gasteiger partial charge in [-0.3, -0.25) is 19.4 Å². The van der Waals surface area contributed by atoms with Gasteiger partial charge in [0.2, 0.25) is 11.8 Å². The molecule has 3 aliphatic rings. The predicted octanol–water partition coefficient (Wildman–Crippen LogP) is 5.49. The maximum Gasteiger partial charge on any atom is 0.234 e. The maximum absolute atomic E-state index is 12.4. The summed E-state index contributed by atoms with van der Waals surface area (Å²) < 4.78 is 0. The number of carbonyl (C=O) groups excluding carboxylic acids is 2. The van der Waals surface area contributed by atoms with Crippen LogP contribution in [-0.2, 0) is 9.59 Å². The van der Waals surface area contributed by atoms with Gasteiger partial charge in [0, 0.05) is 50.3 Å². The summed E-state index contributed by atoms with van der Waals surface area (Å²) in [6.45, 7) is 14.7. The van der Waals surface area contributed by atoms with Crippen molar-refractivity contribution >= 4 is 28.8 Å². The van der Waals surface area contributed by atoms with Gasteiger partial charge < -0.3 is 4.90 Å². The number of unbranched alkanes of at least 4 members (excludes halogenated alkanes) is 1. The molecule has 33 heavy (non-hydrogen) atoms. The van der Waals surface area contributed by atoms with Crippen LogP contribution in [0.5, 0.6) is 0 Å². The number of rotatable bonds is 6.